The second kappa shape index (κ2) is 3.79. The molecule has 0 saturated carbocycles. The second-order valence-electron chi connectivity index (χ2n) is 3.89. The van der Waals surface area contributed by atoms with Gasteiger partial charge in [0, 0.05) is 26.2 Å². The highest BCUT2D eigenvalue weighted by atomic mass is 16.5. The Balaban J connectivity index is 1.71. The highest BCUT2D eigenvalue weighted by Gasteiger charge is 2.26. The predicted molar refractivity (Wildman–Crippen MR) is 52.9 cm³/mol. The lowest BCUT2D eigenvalue weighted by Crippen LogP contribution is -2.40. The summed E-state index contributed by atoms with van der Waals surface area (Å²) >= 11 is 0. The highest BCUT2D eigenvalue weighted by Crippen LogP contribution is 2.20. The maximum absolute atomic E-state index is 5.27. The van der Waals surface area contributed by atoms with E-state index in [2.05, 4.69) is 20.4 Å². The molecule has 0 amide bonds. The first-order valence-corrected chi connectivity index (χ1v) is 5.30. The van der Waals surface area contributed by atoms with Crippen LogP contribution < -0.4 is 10.2 Å². The van der Waals surface area contributed by atoms with E-state index in [1.165, 1.54) is 0 Å². The topological polar surface area (TPSA) is 63.4 Å². The Morgan fingerprint density at radius 1 is 1.27 bits per heavy atom. The summed E-state index contributed by atoms with van der Waals surface area (Å²) in [6.45, 7) is 5.09. The zero-order valence-electron chi connectivity index (χ0n) is 8.48. The monoisotopic (exact) mass is 210 g/mol. The summed E-state index contributed by atoms with van der Waals surface area (Å²) in [5, 5.41) is 7.19. The molecule has 0 aromatic carbocycles. The van der Waals surface area contributed by atoms with Crippen molar-refractivity contribution in [1.29, 1.82) is 0 Å². The Kier molecular flexibility index (Phi) is 2.30. The molecule has 2 fully saturated rings. The van der Waals surface area contributed by atoms with Gasteiger partial charge in [0.2, 0.25) is 5.89 Å². The Bertz CT molecular complexity index is 331. The van der Waals surface area contributed by atoms with Crippen LogP contribution in [0.15, 0.2) is 4.52 Å². The standard InChI is InChI=1S/C9H14N4O2/c1-3-14-4-2-13(1)9-11-8(15-12-9)7-5-10-6-7/h7,10H,1-6H2. The molecule has 6 nitrogen and oxygen atoms in total. The van der Waals surface area contributed by atoms with Crippen molar-refractivity contribution in [2.24, 2.45) is 0 Å². The molecule has 6 heteroatoms. The minimum absolute atomic E-state index is 0.410. The van der Waals surface area contributed by atoms with E-state index < -0.39 is 0 Å². The van der Waals surface area contributed by atoms with Gasteiger partial charge in [0.05, 0.1) is 19.1 Å². The average Bonchev–Trinajstić information content (AvgIpc) is 2.66. The molecule has 15 heavy (non-hydrogen) atoms. The predicted octanol–water partition coefficient (Wildman–Crippen LogP) is -0.407. The molecule has 2 saturated heterocycles. The Morgan fingerprint density at radius 3 is 2.73 bits per heavy atom. The van der Waals surface area contributed by atoms with Gasteiger partial charge in [-0.3, -0.25) is 0 Å². The summed E-state index contributed by atoms with van der Waals surface area (Å²) in [5.41, 5.74) is 0. The number of ether oxygens (including phenoxy) is 1. The van der Waals surface area contributed by atoms with Crippen LogP contribution in [0.3, 0.4) is 0 Å². The summed E-state index contributed by atoms with van der Waals surface area (Å²) < 4.78 is 10.5. The fraction of sp³-hybridized carbons (Fsp3) is 0.778. The molecule has 3 rings (SSSR count). The molecule has 1 aromatic rings. The fourth-order valence-corrected chi connectivity index (χ4v) is 1.75. The summed E-state index contributed by atoms with van der Waals surface area (Å²) in [4.78, 5) is 6.51. The molecule has 0 radical (unpaired) electrons. The van der Waals surface area contributed by atoms with E-state index in [1.54, 1.807) is 0 Å². The van der Waals surface area contributed by atoms with Gasteiger partial charge in [0.15, 0.2) is 0 Å². The van der Waals surface area contributed by atoms with Gasteiger partial charge in [-0.15, -0.1) is 0 Å². The molecule has 0 atom stereocenters. The first-order valence-electron chi connectivity index (χ1n) is 5.30. The van der Waals surface area contributed by atoms with E-state index in [9.17, 15) is 0 Å². The maximum atomic E-state index is 5.27. The van der Waals surface area contributed by atoms with E-state index >= 15 is 0 Å². The summed E-state index contributed by atoms with van der Waals surface area (Å²) in [6, 6.07) is 0. The van der Waals surface area contributed by atoms with Gasteiger partial charge < -0.3 is 19.5 Å². The quantitative estimate of drug-likeness (QED) is 0.716. The zero-order valence-corrected chi connectivity index (χ0v) is 8.48. The summed E-state index contributed by atoms with van der Waals surface area (Å²) in [6.07, 6.45) is 0. The molecule has 2 aliphatic heterocycles. The van der Waals surface area contributed by atoms with Crippen LogP contribution >= 0.6 is 0 Å². The molecule has 2 aliphatic rings. The van der Waals surface area contributed by atoms with Crippen molar-refractivity contribution in [1.82, 2.24) is 15.5 Å². The number of hydrogen-bond acceptors (Lipinski definition) is 6. The number of nitrogens with one attached hydrogen (secondary N) is 1. The molecule has 0 aliphatic carbocycles. The van der Waals surface area contributed by atoms with Crippen LogP contribution in [0.5, 0.6) is 0 Å². The Labute approximate surface area is 87.6 Å². The Morgan fingerprint density at radius 2 is 2.07 bits per heavy atom. The van der Waals surface area contributed by atoms with Crippen molar-refractivity contribution in [3.63, 3.8) is 0 Å². The van der Waals surface area contributed by atoms with Crippen LogP contribution in [-0.4, -0.2) is 49.5 Å². The smallest absolute Gasteiger partial charge is 0.266 e. The first kappa shape index (κ1) is 9.11. The average molecular weight is 210 g/mol. The normalized spacial score (nSPS) is 22.8. The van der Waals surface area contributed by atoms with Crippen molar-refractivity contribution in [3.05, 3.63) is 5.89 Å². The van der Waals surface area contributed by atoms with Gasteiger partial charge in [0.1, 0.15) is 0 Å². The van der Waals surface area contributed by atoms with Crippen LogP contribution in [-0.2, 0) is 4.74 Å². The van der Waals surface area contributed by atoms with E-state index in [1.807, 2.05) is 0 Å². The Hall–Kier alpha value is -1.14. The highest BCUT2D eigenvalue weighted by molar-refractivity contribution is 5.28. The lowest BCUT2D eigenvalue weighted by Gasteiger charge is -2.25. The zero-order chi connectivity index (χ0) is 10.1. The van der Waals surface area contributed by atoms with E-state index in [0.717, 1.165) is 45.3 Å². The molecule has 0 spiro atoms. The van der Waals surface area contributed by atoms with E-state index in [4.69, 9.17) is 9.26 Å². The molecule has 0 unspecified atom stereocenters. The van der Waals surface area contributed by atoms with Crippen molar-refractivity contribution in [2.45, 2.75) is 5.92 Å². The lowest BCUT2D eigenvalue weighted by atomic mass is 10.0. The number of nitrogens with zero attached hydrogens (tertiary/aromatic N) is 3. The minimum atomic E-state index is 0.410. The molecule has 1 aromatic heterocycles. The second-order valence-corrected chi connectivity index (χ2v) is 3.89. The molecule has 1 N–H and O–H groups in total. The first-order chi connectivity index (χ1) is 7.43. The maximum Gasteiger partial charge on any atom is 0.266 e. The van der Waals surface area contributed by atoms with Gasteiger partial charge in [-0.1, -0.05) is 0 Å². The third-order valence-corrected chi connectivity index (χ3v) is 2.86. The van der Waals surface area contributed by atoms with Crippen LogP contribution in [0.4, 0.5) is 5.95 Å². The summed E-state index contributed by atoms with van der Waals surface area (Å²) in [7, 11) is 0. The van der Waals surface area contributed by atoms with Gasteiger partial charge in [0.25, 0.3) is 5.95 Å². The van der Waals surface area contributed by atoms with Crippen LogP contribution in [0.1, 0.15) is 11.8 Å². The van der Waals surface area contributed by atoms with Crippen molar-refractivity contribution in [2.75, 3.05) is 44.3 Å². The van der Waals surface area contributed by atoms with Gasteiger partial charge >= 0.3 is 0 Å². The minimum Gasteiger partial charge on any atom is -0.378 e. The number of hydrogen-bond donors (Lipinski definition) is 1. The van der Waals surface area contributed by atoms with Crippen LogP contribution in [0, 0.1) is 0 Å². The number of morpholine rings is 1. The third kappa shape index (κ3) is 1.70. The lowest BCUT2D eigenvalue weighted by molar-refractivity contribution is 0.121. The molecular formula is C9H14N4O2. The molecule has 3 heterocycles. The molecular weight excluding hydrogens is 196 g/mol. The third-order valence-electron chi connectivity index (χ3n) is 2.86. The van der Waals surface area contributed by atoms with Gasteiger partial charge in [-0.25, -0.2) is 0 Å². The summed E-state index contributed by atoms with van der Waals surface area (Å²) in [5.74, 6) is 1.88. The van der Waals surface area contributed by atoms with Crippen molar-refractivity contribution in [3.8, 4) is 0 Å². The van der Waals surface area contributed by atoms with Crippen LogP contribution in [0.2, 0.25) is 0 Å². The van der Waals surface area contributed by atoms with Gasteiger partial charge in [-0.2, -0.15) is 4.98 Å². The van der Waals surface area contributed by atoms with Crippen LogP contribution in [0.25, 0.3) is 0 Å². The number of aromatic nitrogens is 2. The van der Waals surface area contributed by atoms with Crippen molar-refractivity contribution >= 4 is 5.95 Å². The largest absolute Gasteiger partial charge is 0.378 e. The van der Waals surface area contributed by atoms with E-state index in [0.29, 0.717) is 11.9 Å². The fourth-order valence-electron chi connectivity index (χ4n) is 1.75. The SMILES string of the molecule is C1CN(c2noc(C3CNC3)n2)CCO1. The van der Waals surface area contributed by atoms with Gasteiger partial charge in [-0.05, 0) is 5.16 Å². The number of rotatable bonds is 2. The van der Waals surface area contributed by atoms with Crippen molar-refractivity contribution < 1.29 is 9.26 Å². The molecule has 82 valence electrons. The molecule has 0 bridgehead atoms. The van der Waals surface area contributed by atoms with E-state index in [-0.39, 0.29) is 0 Å². The number of anilines is 1.